The zero-order valence-electron chi connectivity index (χ0n) is 33.1. The first kappa shape index (κ1) is 46.6. The first-order valence-electron chi connectivity index (χ1n) is 17.9. The van der Waals surface area contributed by atoms with Gasteiger partial charge in [0.25, 0.3) is 11.2 Å². The molecule has 0 fully saturated rings. The molecule has 0 unspecified atom stereocenters. The Hall–Kier alpha value is -8.13. The summed E-state index contributed by atoms with van der Waals surface area (Å²) in [6, 6.07) is 21.1. The summed E-state index contributed by atoms with van der Waals surface area (Å²) in [5.41, 5.74) is 10.1. The van der Waals surface area contributed by atoms with Gasteiger partial charge in [-0.3, -0.25) is 30.2 Å². The van der Waals surface area contributed by atoms with Gasteiger partial charge >= 0.3 is 18.0 Å². The van der Waals surface area contributed by atoms with Crippen LogP contribution in [0.15, 0.2) is 96.1 Å². The van der Waals surface area contributed by atoms with Crippen molar-refractivity contribution in [3.8, 4) is 0 Å². The number of ether oxygens (including phenoxy) is 1. The molecular weight excluding hydrogens is 826 g/mol. The second-order valence-corrected chi connectivity index (χ2v) is 14.2. The number of aromatic amines is 3. The zero-order valence-corrected chi connectivity index (χ0v) is 33.8. The number of nitrogens with zero attached hydrogens (tertiary/aromatic N) is 6. The highest BCUT2D eigenvalue weighted by atomic mass is 35.5. The second-order valence-electron chi connectivity index (χ2n) is 13.9. The standard InChI is InChI=1S/C14H12N4O2.C13H17N3O2.C7H5N3O3.C6H4ClNO2.CH4/c1-8-10-5-4-9(7-12(10)18-17-8)16-13-11(14(19)20)3-2-6-15-13;1-8-10-6-5-9(14)7-11(10)16(15-8)12(17)18-13(2,3)4;11-7-5-2-1-4(10(12)13)3-6(5)8-9-7;7-5-4(6(9)10)2-1-3-8-5;/h2-7H,1H3,(H,15,16)(H,17,18)(H,19,20);5-7H,14H2,1-4H3;1-3H,(H2,8,9,11);1-3H,(H,9,10);1H4. The number of aromatic nitrogens is 8. The van der Waals surface area contributed by atoms with Crippen LogP contribution < -0.4 is 16.6 Å². The molecule has 0 saturated carbocycles. The first-order valence-corrected chi connectivity index (χ1v) is 18.3. The van der Waals surface area contributed by atoms with Crippen LogP contribution in [0.1, 0.15) is 60.3 Å². The lowest BCUT2D eigenvalue weighted by Crippen LogP contribution is -2.27. The lowest BCUT2D eigenvalue weighted by atomic mass is 10.2. The van der Waals surface area contributed by atoms with Crippen molar-refractivity contribution in [2.75, 3.05) is 11.1 Å². The van der Waals surface area contributed by atoms with Gasteiger partial charge in [-0.25, -0.2) is 24.4 Å². The fourth-order valence-corrected chi connectivity index (χ4v) is 5.65. The van der Waals surface area contributed by atoms with E-state index < -0.39 is 28.6 Å². The predicted octanol–water partition coefficient (Wildman–Crippen LogP) is 8.25. The van der Waals surface area contributed by atoms with Gasteiger partial charge < -0.3 is 26.0 Å². The van der Waals surface area contributed by atoms with Crippen LogP contribution in [0.5, 0.6) is 0 Å². The molecule has 62 heavy (non-hydrogen) atoms. The number of halogens is 1. The van der Waals surface area contributed by atoms with E-state index in [0.29, 0.717) is 27.9 Å². The van der Waals surface area contributed by atoms with Gasteiger partial charge in [0.15, 0.2) is 0 Å². The van der Waals surface area contributed by atoms with Crippen molar-refractivity contribution in [2.24, 2.45) is 0 Å². The molecule has 21 heteroatoms. The smallest absolute Gasteiger partial charge is 0.435 e. The summed E-state index contributed by atoms with van der Waals surface area (Å²) in [6.45, 7) is 9.25. The van der Waals surface area contributed by atoms with Gasteiger partial charge in [0.1, 0.15) is 22.1 Å². The maximum absolute atomic E-state index is 12.0. The van der Waals surface area contributed by atoms with Crippen LogP contribution in [0, 0.1) is 24.0 Å². The number of carbonyl (C=O) groups excluding carboxylic acids is 1. The molecule has 8 rings (SSSR count). The van der Waals surface area contributed by atoms with E-state index in [1.165, 1.54) is 47.3 Å². The molecule has 322 valence electrons. The molecule has 0 saturated heterocycles. The number of rotatable bonds is 5. The topological polar surface area (TPSA) is 303 Å². The normalized spacial score (nSPS) is 10.5. The van der Waals surface area contributed by atoms with Crippen molar-refractivity contribution in [1.29, 1.82) is 0 Å². The number of benzene rings is 3. The minimum Gasteiger partial charge on any atom is -0.478 e. The predicted molar refractivity (Wildman–Crippen MR) is 234 cm³/mol. The van der Waals surface area contributed by atoms with Crippen LogP contribution in [0.25, 0.3) is 32.7 Å². The number of carboxylic acid groups (broad SMARTS) is 2. The maximum Gasteiger partial charge on any atom is 0.435 e. The number of fused-ring (bicyclic) bond motifs is 3. The van der Waals surface area contributed by atoms with E-state index in [9.17, 15) is 29.3 Å². The van der Waals surface area contributed by atoms with Crippen LogP contribution in [0.3, 0.4) is 0 Å². The Morgan fingerprint density at radius 1 is 0.887 bits per heavy atom. The van der Waals surface area contributed by atoms with Gasteiger partial charge in [-0.15, -0.1) is 0 Å². The number of carbonyl (C=O) groups is 3. The fraction of sp³-hybridized carbons (Fsp3) is 0.171. The number of aromatic carboxylic acids is 2. The van der Waals surface area contributed by atoms with Gasteiger partial charge in [0.05, 0.1) is 38.1 Å². The Morgan fingerprint density at radius 3 is 2.16 bits per heavy atom. The summed E-state index contributed by atoms with van der Waals surface area (Å²) in [7, 11) is 0. The Balaban J connectivity index is 0.000000186. The third kappa shape index (κ3) is 11.5. The molecular formula is C41H42ClN11O9. The number of nitrogens with two attached hydrogens (primary N) is 1. The summed E-state index contributed by atoms with van der Waals surface area (Å²) in [6.07, 6.45) is 2.49. The Labute approximate surface area is 356 Å². The van der Waals surface area contributed by atoms with E-state index in [0.717, 1.165) is 33.4 Å². The third-order valence-electron chi connectivity index (χ3n) is 8.26. The SMILES string of the molecule is C.Cc1[nH]nc2cc(Nc3ncccc3C(=O)O)ccc12.Cc1nn(C(=O)OC(C)(C)C)c2cc(N)ccc12.O=C(O)c1cccnc1Cl.O=c1[nH][nH]c2cc([N+](=O)[O-])ccc12. The van der Waals surface area contributed by atoms with E-state index in [-0.39, 0.29) is 35.0 Å². The molecule has 0 spiro atoms. The quantitative estimate of drug-likeness (QED) is 0.0371. The number of aryl methyl sites for hydroxylation is 2. The number of nitro benzene ring substituents is 1. The van der Waals surface area contributed by atoms with Gasteiger partial charge in [-0.2, -0.15) is 14.9 Å². The summed E-state index contributed by atoms with van der Waals surface area (Å²) < 4.78 is 6.56. The van der Waals surface area contributed by atoms with Crippen molar-refractivity contribution < 1.29 is 34.3 Å². The number of H-pyrrole nitrogens is 3. The largest absolute Gasteiger partial charge is 0.478 e. The van der Waals surface area contributed by atoms with Crippen LogP contribution >= 0.6 is 11.6 Å². The highest BCUT2D eigenvalue weighted by molar-refractivity contribution is 6.32. The van der Waals surface area contributed by atoms with Crippen molar-refractivity contribution >= 4 is 85.2 Å². The molecule has 0 aliphatic heterocycles. The number of hydrogen-bond acceptors (Lipinski definition) is 13. The van der Waals surface area contributed by atoms with E-state index in [1.807, 2.05) is 58.9 Å². The van der Waals surface area contributed by atoms with E-state index in [2.05, 4.69) is 40.8 Å². The highest BCUT2D eigenvalue weighted by Gasteiger charge is 2.21. The molecule has 0 aliphatic carbocycles. The summed E-state index contributed by atoms with van der Waals surface area (Å²) in [5.74, 6) is -1.76. The first-order chi connectivity index (χ1) is 28.8. The van der Waals surface area contributed by atoms with E-state index >= 15 is 0 Å². The zero-order chi connectivity index (χ0) is 44.6. The summed E-state index contributed by atoms with van der Waals surface area (Å²) in [4.78, 5) is 62.0. The molecule has 5 heterocycles. The molecule has 0 amide bonds. The van der Waals surface area contributed by atoms with Crippen molar-refractivity contribution in [2.45, 2.75) is 47.6 Å². The van der Waals surface area contributed by atoms with Gasteiger partial charge in [-0.05, 0) is 101 Å². The Kier molecular flexibility index (Phi) is 14.8. The molecule has 8 aromatic rings. The average Bonchev–Trinajstić information content (AvgIpc) is 3.88. The summed E-state index contributed by atoms with van der Waals surface area (Å²) >= 11 is 5.43. The number of nitrogens with one attached hydrogen (secondary N) is 4. The number of pyridine rings is 2. The van der Waals surface area contributed by atoms with E-state index in [4.69, 9.17) is 32.3 Å². The molecule has 5 aromatic heterocycles. The van der Waals surface area contributed by atoms with Gasteiger partial charge in [0.2, 0.25) is 0 Å². The number of hydrogen-bond donors (Lipinski definition) is 7. The molecule has 3 aromatic carbocycles. The van der Waals surface area contributed by atoms with Crippen molar-refractivity contribution in [1.82, 2.24) is 40.1 Å². The number of carboxylic acids is 2. The Morgan fingerprint density at radius 2 is 1.53 bits per heavy atom. The maximum atomic E-state index is 12.0. The molecule has 0 radical (unpaired) electrons. The van der Waals surface area contributed by atoms with Crippen LogP contribution in [0.4, 0.5) is 27.7 Å². The van der Waals surface area contributed by atoms with Crippen molar-refractivity contribution in [3.05, 3.63) is 139 Å². The number of non-ortho nitro benzene ring substituents is 1. The van der Waals surface area contributed by atoms with E-state index in [1.54, 1.807) is 24.4 Å². The van der Waals surface area contributed by atoms with Gasteiger partial charge in [0, 0.05) is 52.4 Å². The minimum absolute atomic E-state index is 0. The highest BCUT2D eigenvalue weighted by Crippen LogP contribution is 2.24. The summed E-state index contributed by atoms with van der Waals surface area (Å²) in [5, 5.41) is 49.5. The number of nitro groups is 1. The third-order valence-corrected chi connectivity index (χ3v) is 8.56. The lowest BCUT2D eigenvalue weighted by molar-refractivity contribution is -0.384. The lowest BCUT2D eigenvalue weighted by Gasteiger charge is -2.19. The number of anilines is 3. The molecule has 0 aliphatic rings. The minimum atomic E-state index is -1.06. The number of nitrogen functional groups attached to an aromatic ring is 1. The Bertz CT molecular complexity index is 2970. The molecule has 0 atom stereocenters. The fourth-order valence-electron chi connectivity index (χ4n) is 5.45. The second kappa shape index (κ2) is 19.7. The van der Waals surface area contributed by atoms with Gasteiger partial charge in [-0.1, -0.05) is 19.0 Å². The molecule has 0 bridgehead atoms. The molecule has 20 nitrogen and oxygen atoms in total. The van der Waals surface area contributed by atoms with Crippen LogP contribution in [0.2, 0.25) is 5.15 Å². The van der Waals surface area contributed by atoms with Crippen LogP contribution in [-0.4, -0.2) is 78.9 Å². The average molecular weight is 868 g/mol. The van der Waals surface area contributed by atoms with Crippen LogP contribution in [-0.2, 0) is 4.74 Å². The van der Waals surface area contributed by atoms with Crippen molar-refractivity contribution in [3.63, 3.8) is 0 Å². The molecule has 8 N–H and O–H groups in total. The monoisotopic (exact) mass is 867 g/mol.